The van der Waals surface area contributed by atoms with E-state index in [1.807, 2.05) is 16.7 Å². The fourth-order valence-corrected chi connectivity index (χ4v) is 3.12. The Morgan fingerprint density at radius 2 is 1.91 bits per heavy atom. The standard InChI is InChI=1S/C16H29N3O3.ClH/c1-2-22-12-11-19-10-7-17-14(16(19)21)13-15(20)18-8-5-3-4-6-9-18;/h14,17H,2-13H2,1H3;1H. The van der Waals surface area contributed by atoms with Gasteiger partial charge in [-0.2, -0.15) is 0 Å². The summed E-state index contributed by atoms with van der Waals surface area (Å²) in [6, 6.07) is -0.369. The van der Waals surface area contributed by atoms with Crippen molar-refractivity contribution in [2.75, 3.05) is 45.9 Å². The van der Waals surface area contributed by atoms with Gasteiger partial charge in [0.15, 0.2) is 0 Å². The lowest BCUT2D eigenvalue weighted by molar-refractivity contribution is -0.141. The number of rotatable bonds is 6. The topological polar surface area (TPSA) is 61.9 Å². The molecule has 7 heteroatoms. The van der Waals surface area contributed by atoms with Gasteiger partial charge in [-0.1, -0.05) is 12.8 Å². The van der Waals surface area contributed by atoms with E-state index in [9.17, 15) is 9.59 Å². The van der Waals surface area contributed by atoms with Gasteiger partial charge in [-0.25, -0.2) is 0 Å². The Morgan fingerprint density at radius 3 is 2.57 bits per heavy atom. The minimum Gasteiger partial charge on any atom is -0.380 e. The van der Waals surface area contributed by atoms with Crippen LogP contribution in [0.5, 0.6) is 0 Å². The summed E-state index contributed by atoms with van der Waals surface area (Å²) in [4.78, 5) is 28.6. The highest BCUT2D eigenvalue weighted by molar-refractivity contribution is 5.89. The monoisotopic (exact) mass is 347 g/mol. The van der Waals surface area contributed by atoms with Crippen molar-refractivity contribution in [1.29, 1.82) is 0 Å². The van der Waals surface area contributed by atoms with E-state index in [2.05, 4.69) is 5.32 Å². The zero-order valence-corrected chi connectivity index (χ0v) is 14.9. The Morgan fingerprint density at radius 1 is 1.22 bits per heavy atom. The van der Waals surface area contributed by atoms with Gasteiger partial charge in [-0.05, 0) is 19.8 Å². The van der Waals surface area contributed by atoms with E-state index in [4.69, 9.17) is 4.74 Å². The predicted molar refractivity (Wildman–Crippen MR) is 91.8 cm³/mol. The van der Waals surface area contributed by atoms with Crippen LogP contribution in [-0.2, 0) is 14.3 Å². The molecule has 1 unspecified atom stereocenters. The molecule has 1 N–H and O–H groups in total. The second kappa shape index (κ2) is 10.8. The first-order chi connectivity index (χ1) is 10.7. The molecule has 0 aromatic rings. The van der Waals surface area contributed by atoms with E-state index < -0.39 is 0 Å². The molecule has 2 heterocycles. The summed E-state index contributed by atoms with van der Waals surface area (Å²) in [5.74, 6) is 0.147. The van der Waals surface area contributed by atoms with Crippen LogP contribution in [0.2, 0.25) is 0 Å². The Balaban J connectivity index is 0.00000264. The van der Waals surface area contributed by atoms with Crippen molar-refractivity contribution >= 4 is 24.2 Å². The van der Waals surface area contributed by atoms with Gasteiger partial charge in [-0.15, -0.1) is 12.4 Å². The van der Waals surface area contributed by atoms with Gasteiger partial charge in [0.05, 0.1) is 19.1 Å². The van der Waals surface area contributed by atoms with E-state index in [1.165, 1.54) is 12.8 Å². The highest BCUT2D eigenvalue weighted by atomic mass is 35.5. The average Bonchev–Trinajstić information content (AvgIpc) is 2.80. The van der Waals surface area contributed by atoms with Crippen LogP contribution in [0.1, 0.15) is 39.0 Å². The molecule has 0 saturated carbocycles. The van der Waals surface area contributed by atoms with Gasteiger partial charge in [0.2, 0.25) is 11.8 Å². The van der Waals surface area contributed by atoms with Crippen LogP contribution in [0.25, 0.3) is 0 Å². The molecule has 6 nitrogen and oxygen atoms in total. The summed E-state index contributed by atoms with van der Waals surface area (Å²) in [6.07, 6.45) is 4.85. The molecule has 2 aliphatic rings. The lowest BCUT2D eigenvalue weighted by atomic mass is 10.1. The molecule has 0 spiro atoms. The SMILES string of the molecule is CCOCCN1CCNC(CC(=O)N2CCCCCC2)C1=O.Cl. The third-order valence-electron chi connectivity index (χ3n) is 4.43. The number of ether oxygens (including phenoxy) is 1. The Bertz CT molecular complexity index is 374. The van der Waals surface area contributed by atoms with Crippen LogP contribution in [0.3, 0.4) is 0 Å². The highest BCUT2D eigenvalue weighted by Gasteiger charge is 2.31. The van der Waals surface area contributed by atoms with Crippen molar-refractivity contribution in [1.82, 2.24) is 15.1 Å². The number of amides is 2. The zero-order chi connectivity index (χ0) is 15.8. The van der Waals surface area contributed by atoms with E-state index in [0.29, 0.717) is 26.3 Å². The van der Waals surface area contributed by atoms with Gasteiger partial charge in [0, 0.05) is 39.3 Å². The molecule has 0 aliphatic carbocycles. The Hall–Kier alpha value is -0.850. The molecule has 0 radical (unpaired) electrons. The smallest absolute Gasteiger partial charge is 0.240 e. The van der Waals surface area contributed by atoms with Crippen molar-refractivity contribution in [2.24, 2.45) is 0 Å². The van der Waals surface area contributed by atoms with Crippen molar-refractivity contribution in [3.8, 4) is 0 Å². The number of halogens is 1. The zero-order valence-electron chi connectivity index (χ0n) is 14.1. The summed E-state index contributed by atoms with van der Waals surface area (Å²) in [5, 5.41) is 3.20. The largest absolute Gasteiger partial charge is 0.380 e. The number of piperazine rings is 1. The molecular weight excluding hydrogens is 318 g/mol. The predicted octanol–water partition coefficient (Wildman–Crippen LogP) is 1.04. The third kappa shape index (κ3) is 6.28. The molecule has 134 valence electrons. The van der Waals surface area contributed by atoms with Crippen molar-refractivity contribution in [3.05, 3.63) is 0 Å². The Labute approximate surface area is 145 Å². The number of nitrogens with zero attached hydrogens (tertiary/aromatic N) is 2. The number of carbonyl (C=O) groups is 2. The lowest BCUT2D eigenvalue weighted by Gasteiger charge is -2.33. The van der Waals surface area contributed by atoms with E-state index in [0.717, 1.165) is 32.5 Å². The molecule has 2 amide bonds. The molecule has 0 bridgehead atoms. The first-order valence-corrected chi connectivity index (χ1v) is 8.60. The maximum absolute atomic E-state index is 12.4. The third-order valence-corrected chi connectivity index (χ3v) is 4.43. The fourth-order valence-electron chi connectivity index (χ4n) is 3.12. The molecule has 2 rings (SSSR count). The summed E-state index contributed by atoms with van der Waals surface area (Å²) in [6.45, 7) is 6.91. The van der Waals surface area contributed by atoms with Crippen molar-refractivity contribution in [3.63, 3.8) is 0 Å². The highest BCUT2D eigenvalue weighted by Crippen LogP contribution is 2.13. The van der Waals surface area contributed by atoms with E-state index in [1.54, 1.807) is 0 Å². The number of carbonyl (C=O) groups excluding carboxylic acids is 2. The molecule has 1 atom stereocenters. The minimum atomic E-state index is -0.369. The lowest BCUT2D eigenvalue weighted by Crippen LogP contribution is -2.57. The number of hydrogen-bond donors (Lipinski definition) is 1. The van der Waals surface area contributed by atoms with E-state index in [-0.39, 0.29) is 36.7 Å². The normalized spacial score (nSPS) is 22.5. The summed E-state index contributed by atoms with van der Waals surface area (Å²) >= 11 is 0. The maximum Gasteiger partial charge on any atom is 0.240 e. The molecule has 0 aromatic heterocycles. The number of likely N-dealkylation sites (tertiary alicyclic amines) is 1. The van der Waals surface area contributed by atoms with Gasteiger partial charge in [0.25, 0.3) is 0 Å². The quantitative estimate of drug-likeness (QED) is 0.729. The second-order valence-corrected chi connectivity index (χ2v) is 6.03. The van der Waals surface area contributed by atoms with Gasteiger partial charge in [-0.3, -0.25) is 9.59 Å². The summed E-state index contributed by atoms with van der Waals surface area (Å²) in [7, 11) is 0. The summed E-state index contributed by atoms with van der Waals surface area (Å²) in [5.41, 5.74) is 0. The number of hydrogen-bond acceptors (Lipinski definition) is 4. The van der Waals surface area contributed by atoms with Crippen LogP contribution in [0.4, 0.5) is 0 Å². The minimum absolute atomic E-state index is 0. The van der Waals surface area contributed by atoms with Crippen LogP contribution in [-0.4, -0.2) is 73.6 Å². The van der Waals surface area contributed by atoms with Crippen LogP contribution >= 0.6 is 12.4 Å². The molecule has 0 aromatic carbocycles. The van der Waals surface area contributed by atoms with E-state index >= 15 is 0 Å². The first kappa shape index (κ1) is 20.2. The Kier molecular flexibility index (Phi) is 9.52. The van der Waals surface area contributed by atoms with Crippen molar-refractivity contribution < 1.29 is 14.3 Å². The van der Waals surface area contributed by atoms with Crippen LogP contribution in [0.15, 0.2) is 0 Å². The maximum atomic E-state index is 12.4. The molecular formula is C16H30ClN3O3. The number of nitrogens with one attached hydrogen (secondary N) is 1. The molecule has 2 fully saturated rings. The van der Waals surface area contributed by atoms with Crippen LogP contribution < -0.4 is 5.32 Å². The van der Waals surface area contributed by atoms with Crippen molar-refractivity contribution in [2.45, 2.75) is 45.1 Å². The fraction of sp³-hybridized carbons (Fsp3) is 0.875. The molecule has 23 heavy (non-hydrogen) atoms. The second-order valence-electron chi connectivity index (χ2n) is 6.03. The van der Waals surface area contributed by atoms with Crippen LogP contribution in [0, 0.1) is 0 Å². The average molecular weight is 348 g/mol. The first-order valence-electron chi connectivity index (χ1n) is 8.60. The van der Waals surface area contributed by atoms with Gasteiger partial charge < -0.3 is 19.9 Å². The van der Waals surface area contributed by atoms with Gasteiger partial charge in [0.1, 0.15) is 0 Å². The summed E-state index contributed by atoms with van der Waals surface area (Å²) < 4.78 is 5.32. The molecule has 2 saturated heterocycles. The van der Waals surface area contributed by atoms with Gasteiger partial charge >= 0.3 is 0 Å². The molecule has 2 aliphatic heterocycles.